The number of para-hydroxylation sites is 1. The molecular weight excluding hydrogens is 206 g/mol. The molecule has 1 rings (SSSR count). The first-order valence-electron chi connectivity index (χ1n) is 4.25. The molecule has 0 aliphatic rings. The highest BCUT2D eigenvalue weighted by Gasteiger charge is 2.09. The first-order valence-corrected chi connectivity index (χ1v) is 4.25. The zero-order valence-electron chi connectivity index (χ0n) is 8.07. The standard InChI is InChI=1S/C10H10F2O3/c1-7(13)14-6-8-4-2-3-5-9(8)15-10(11)12/h2-5,10H,6H2,1H3. The third-order valence-electron chi connectivity index (χ3n) is 1.62. The van der Waals surface area contributed by atoms with Crippen LogP contribution in [0.2, 0.25) is 0 Å². The molecule has 0 fully saturated rings. The van der Waals surface area contributed by atoms with E-state index in [1.807, 2.05) is 0 Å². The van der Waals surface area contributed by atoms with Gasteiger partial charge >= 0.3 is 12.6 Å². The molecule has 1 aromatic carbocycles. The fourth-order valence-electron chi connectivity index (χ4n) is 1.01. The number of benzene rings is 1. The van der Waals surface area contributed by atoms with Gasteiger partial charge in [0.1, 0.15) is 12.4 Å². The summed E-state index contributed by atoms with van der Waals surface area (Å²) in [6.07, 6.45) is 0. The Morgan fingerprint density at radius 2 is 2.07 bits per heavy atom. The van der Waals surface area contributed by atoms with Crippen molar-refractivity contribution in [2.75, 3.05) is 0 Å². The van der Waals surface area contributed by atoms with E-state index in [4.69, 9.17) is 0 Å². The van der Waals surface area contributed by atoms with Crippen LogP contribution in [0.1, 0.15) is 12.5 Å². The number of carbonyl (C=O) groups is 1. The minimum Gasteiger partial charge on any atom is -0.461 e. The van der Waals surface area contributed by atoms with Crippen LogP contribution in [0, 0.1) is 0 Å². The largest absolute Gasteiger partial charge is 0.461 e. The van der Waals surface area contributed by atoms with E-state index >= 15 is 0 Å². The molecule has 0 heterocycles. The molecule has 0 aliphatic heterocycles. The van der Waals surface area contributed by atoms with E-state index in [0.29, 0.717) is 5.56 Å². The molecule has 0 aliphatic carbocycles. The third kappa shape index (κ3) is 3.93. The fourth-order valence-corrected chi connectivity index (χ4v) is 1.01. The van der Waals surface area contributed by atoms with Crippen LogP contribution in [0.3, 0.4) is 0 Å². The molecule has 0 amide bonds. The zero-order chi connectivity index (χ0) is 11.3. The predicted octanol–water partition coefficient (Wildman–Crippen LogP) is 2.35. The van der Waals surface area contributed by atoms with Gasteiger partial charge in [0.2, 0.25) is 0 Å². The minimum atomic E-state index is -2.89. The van der Waals surface area contributed by atoms with Crippen LogP contribution in [-0.2, 0) is 16.1 Å². The number of hydrogen-bond acceptors (Lipinski definition) is 3. The summed E-state index contributed by atoms with van der Waals surface area (Å²) in [6, 6.07) is 6.16. The Morgan fingerprint density at radius 3 is 2.67 bits per heavy atom. The lowest BCUT2D eigenvalue weighted by atomic mass is 10.2. The van der Waals surface area contributed by atoms with Crippen LogP contribution in [0.15, 0.2) is 24.3 Å². The zero-order valence-corrected chi connectivity index (χ0v) is 8.07. The first kappa shape index (κ1) is 11.4. The van der Waals surface area contributed by atoms with Crippen molar-refractivity contribution in [2.45, 2.75) is 20.1 Å². The first-order chi connectivity index (χ1) is 7.09. The Balaban J connectivity index is 2.72. The van der Waals surface area contributed by atoms with Gasteiger partial charge in [-0.15, -0.1) is 0 Å². The SMILES string of the molecule is CC(=O)OCc1ccccc1OC(F)F. The van der Waals surface area contributed by atoms with Crippen molar-refractivity contribution < 1.29 is 23.0 Å². The second-order valence-corrected chi connectivity index (χ2v) is 2.77. The third-order valence-corrected chi connectivity index (χ3v) is 1.62. The van der Waals surface area contributed by atoms with Gasteiger partial charge in [-0.25, -0.2) is 0 Å². The van der Waals surface area contributed by atoms with Gasteiger partial charge in [0.25, 0.3) is 0 Å². The molecule has 5 heteroatoms. The molecule has 0 N–H and O–H groups in total. The van der Waals surface area contributed by atoms with E-state index in [1.54, 1.807) is 18.2 Å². The summed E-state index contributed by atoms with van der Waals surface area (Å²) < 4.78 is 32.9. The smallest absolute Gasteiger partial charge is 0.387 e. The van der Waals surface area contributed by atoms with Crippen molar-refractivity contribution in [1.82, 2.24) is 0 Å². The average Bonchev–Trinajstić information content (AvgIpc) is 2.15. The maximum Gasteiger partial charge on any atom is 0.387 e. The second kappa shape index (κ2) is 5.29. The summed E-state index contributed by atoms with van der Waals surface area (Å²) in [6.45, 7) is -1.71. The Labute approximate surface area is 85.6 Å². The van der Waals surface area contributed by atoms with Gasteiger partial charge in [0.05, 0.1) is 0 Å². The normalized spacial score (nSPS) is 10.1. The van der Waals surface area contributed by atoms with Crippen molar-refractivity contribution in [3.8, 4) is 5.75 Å². The highest BCUT2D eigenvalue weighted by molar-refractivity contribution is 5.66. The summed E-state index contributed by atoms with van der Waals surface area (Å²) in [5.74, 6) is -0.449. The maximum atomic E-state index is 12.0. The Morgan fingerprint density at radius 1 is 1.40 bits per heavy atom. The number of esters is 1. The van der Waals surface area contributed by atoms with E-state index in [-0.39, 0.29) is 12.4 Å². The molecule has 0 atom stereocenters. The van der Waals surface area contributed by atoms with Gasteiger partial charge in [-0.3, -0.25) is 4.79 Å². The summed E-state index contributed by atoms with van der Waals surface area (Å²) in [5.41, 5.74) is 0.410. The lowest BCUT2D eigenvalue weighted by Crippen LogP contribution is -2.06. The molecule has 15 heavy (non-hydrogen) atoms. The molecule has 0 unspecified atom stereocenters. The Hall–Kier alpha value is -1.65. The maximum absolute atomic E-state index is 12.0. The predicted molar refractivity (Wildman–Crippen MR) is 48.5 cm³/mol. The lowest BCUT2D eigenvalue weighted by molar-refractivity contribution is -0.142. The van der Waals surface area contributed by atoms with E-state index < -0.39 is 12.6 Å². The van der Waals surface area contributed by atoms with Gasteiger partial charge in [-0.1, -0.05) is 18.2 Å². The molecule has 0 saturated carbocycles. The molecular formula is C10H10F2O3. The van der Waals surface area contributed by atoms with E-state index in [9.17, 15) is 13.6 Å². The molecule has 0 saturated heterocycles. The number of rotatable bonds is 4. The molecule has 0 bridgehead atoms. The molecule has 1 aromatic rings. The quantitative estimate of drug-likeness (QED) is 0.724. The Kier molecular flexibility index (Phi) is 4.03. The van der Waals surface area contributed by atoms with Crippen molar-refractivity contribution >= 4 is 5.97 Å². The molecule has 82 valence electrons. The number of ether oxygens (including phenoxy) is 2. The van der Waals surface area contributed by atoms with Crippen LogP contribution < -0.4 is 4.74 Å². The summed E-state index contributed by atoms with van der Waals surface area (Å²) in [7, 11) is 0. The van der Waals surface area contributed by atoms with E-state index in [1.165, 1.54) is 13.0 Å². The molecule has 0 aromatic heterocycles. The number of carbonyl (C=O) groups excluding carboxylic acids is 1. The van der Waals surface area contributed by atoms with Gasteiger partial charge < -0.3 is 9.47 Å². The molecule has 0 spiro atoms. The topological polar surface area (TPSA) is 35.5 Å². The summed E-state index contributed by atoms with van der Waals surface area (Å²) in [5, 5.41) is 0. The van der Waals surface area contributed by atoms with E-state index in [0.717, 1.165) is 0 Å². The number of halogens is 2. The second-order valence-electron chi connectivity index (χ2n) is 2.77. The van der Waals surface area contributed by atoms with Gasteiger partial charge in [0.15, 0.2) is 0 Å². The fraction of sp³-hybridized carbons (Fsp3) is 0.300. The van der Waals surface area contributed by atoms with Crippen molar-refractivity contribution in [2.24, 2.45) is 0 Å². The summed E-state index contributed by atoms with van der Waals surface area (Å²) in [4.78, 5) is 10.5. The summed E-state index contributed by atoms with van der Waals surface area (Å²) >= 11 is 0. The van der Waals surface area contributed by atoms with Crippen LogP contribution in [0.25, 0.3) is 0 Å². The van der Waals surface area contributed by atoms with Gasteiger partial charge in [0, 0.05) is 12.5 Å². The van der Waals surface area contributed by atoms with Crippen LogP contribution >= 0.6 is 0 Å². The van der Waals surface area contributed by atoms with Crippen LogP contribution in [0.5, 0.6) is 5.75 Å². The van der Waals surface area contributed by atoms with E-state index in [2.05, 4.69) is 9.47 Å². The van der Waals surface area contributed by atoms with Crippen molar-refractivity contribution in [1.29, 1.82) is 0 Å². The monoisotopic (exact) mass is 216 g/mol. The minimum absolute atomic E-state index is 0.0220. The number of hydrogen-bond donors (Lipinski definition) is 0. The molecule has 0 radical (unpaired) electrons. The highest BCUT2D eigenvalue weighted by Crippen LogP contribution is 2.20. The van der Waals surface area contributed by atoms with Crippen LogP contribution in [-0.4, -0.2) is 12.6 Å². The Bertz CT molecular complexity index is 339. The molecule has 3 nitrogen and oxygen atoms in total. The highest BCUT2D eigenvalue weighted by atomic mass is 19.3. The van der Waals surface area contributed by atoms with Gasteiger partial charge in [-0.2, -0.15) is 8.78 Å². The van der Waals surface area contributed by atoms with Crippen molar-refractivity contribution in [3.05, 3.63) is 29.8 Å². The van der Waals surface area contributed by atoms with Crippen LogP contribution in [0.4, 0.5) is 8.78 Å². The van der Waals surface area contributed by atoms with Gasteiger partial charge in [-0.05, 0) is 6.07 Å². The number of alkyl halides is 2. The average molecular weight is 216 g/mol. The lowest BCUT2D eigenvalue weighted by Gasteiger charge is -2.09. The van der Waals surface area contributed by atoms with Crippen molar-refractivity contribution in [3.63, 3.8) is 0 Å².